The lowest BCUT2D eigenvalue weighted by Gasteiger charge is -2.36. The molecule has 0 aromatic heterocycles. The van der Waals surface area contributed by atoms with E-state index in [1.165, 1.54) is 12.1 Å². The molecule has 1 heterocycles. The third-order valence-corrected chi connectivity index (χ3v) is 5.19. The van der Waals surface area contributed by atoms with Crippen molar-refractivity contribution in [3.05, 3.63) is 35.6 Å². The Kier molecular flexibility index (Phi) is 13.5. The Hall–Kier alpha value is -0.930. The van der Waals surface area contributed by atoms with Crippen LogP contribution < -0.4 is 10.6 Å². The van der Waals surface area contributed by atoms with Gasteiger partial charge in [-0.05, 0) is 50.3 Å². The van der Waals surface area contributed by atoms with E-state index in [0.717, 1.165) is 69.9 Å². The summed E-state index contributed by atoms with van der Waals surface area (Å²) in [6.07, 6.45) is 5.02. The Labute approximate surface area is 192 Å². The zero-order valence-electron chi connectivity index (χ0n) is 17.8. The van der Waals surface area contributed by atoms with Crippen molar-refractivity contribution in [2.45, 2.75) is 51.4 Å². The summed E-state index contributed by atoms with van der Waals surface area (Å²) in [5, 5.41) is 6.71. The van der Waals surface area contributed by atoms with Crippen molar-refractivity contribution in [3.63, 3.8) is 0 Å². The Morgan fingerprint density at radius 3 is 2.45 bits per heavy atom. The van der Waals surface area contributed by atoms with Crippen molar-refractivity contribution in [2.24, 2.45) is 4.99 Å². The molecule has 1 aliphatic rings. The topological polar surface area (TPSA) is 54.9 Å². The van der Waals surface area contributed by atoms with Gasteiger partial charge in [0.15, 0.2) is 5.96 Å². The maximum absolute atomic E-state index is 13.4. The molecule has 0 atom stereocenters. The van der Waals surface area contributed by atoms with Crippen LogP contribution in [-0.4, -0.2) is 52.0 Å². The molecule has 0 spiro atoms. The normalized spacial score (nSPS) is 16.2. The molecule has 0 saturated carbocycles. The summed E-state index contributed by atoms with van der Waals surface area (Å²) in [4.78, 5) is 4.86. The Morgan fingerprint density at radius 1 is 1.10 bits per heavy atom. The highest BCUT2D eigenvalue weighted by Gasteiger charge is 2.34. The molecule has 0 unspecified atom stereocenters. The van der Waals surface area contributed by atoms with Crippen molar-refractivity contribution in [3.8, 4) is 0 Å². The summed E-state index contributed by atoms with van der Waals surface area (Å²) in [5.41, 5.74) is 1.04. The minimum absolute atomic E-state index is 0. The number of rotatable bonds is 11. The quantitative estimate of drug-likeness (QED) is 0.198. The monoisotopic (exact) mass is 521 g/mol. The molecular weight excluding hydrogens is 484 g/mol. The van der Waals surface area contributed by atoms with Crippen LogP contribution in [0, 0.1) is 5.82 Å². The molecule has 7 heteroatoms. The summed E-state index contributed by atoms with van der Waals surface area (Å²) in [6.45, 7) is 9.56. The number of aliphatic imine (C=N–C) groups is 1. The van der Waals surface area contributed by atoms with Crippen molar-refractivity contribution in [2.75, 3.05) is 46.1 Å². The van der Waals surface area contributed by atoms with Crippen LogP contribution in [0.15, 0.2) is 29.3 Å². The van der Waals surface area contributed by atoms with Gasteiger partial charge in [-0.15, -0.1) is 24.0 Å². The molecule has 166 valence electrons. The van der Waals surface area contributed by atoms with Gasteiger partial charge in [0.05, 0.1) is 6.54 Å². The van der Waals surface area contributed by atoms with Crippen LogP contribution in [0.2, 0.25) is 0 Å². The fourth-order valence-corrected chi connectivity index (χ4v) is 3.41. The van der Waals surface area contributed by atoms with Crippen LogP contribution in [0.25, 0.3) is 0 Å². The van der Waals surface area contributed by atoms with E-state index in [-0.39, 0.29) is 35.2 Å². The molecule has 2 rings (SSSR count). The van der Waals surface area contributed by atoms with Crippen LogP contribution in [0.3, 0.4) is 0 Å². The molecule has 2 N–H and O–H groups in total. The van der Waals surface area contributed by atoms with Crippen LogP contribution >= 0.6 is 24.0 Å². The number of ether oxygens (including phenoxy) is 2. The van der Waals surface area contributed by atoms with Gasteiger partial charge in [-0.1, -0.05) is 25.5 Å². The maximum Gasteiger partial charge on any atom is 0.191 e. The van der Waals surface area contributed by atoms with Crippen LogP contribution in [0.1, 0.15) is 51.5 Å². The Balaban J connectivity index is 0.00000420. The van der Waals surface area contributed by atoms with Crippen LogP contribution in [0.4, 0.5) is 4.39 Å². The Morgan fingerprint density at radius 2 is 1.79 bits per heavy atom. The predicted molar refractivity (Wildman–Crippen MR) is 128 cm³/mol. The summed E-state index contributed by atoms with van der Waals surface area (Å²) in [6, 6.07) is 6.87. The molecule has 1 aromatic rings. The van der Waals surface area contributed by atoms with Crippen molar-refractivity contribution in [1.29, 1.82) is 0 Å². The fraction of sp³-hybridized carbons (Fsp3) is 0.682. The number of hydrogen-bond donors (Lipinski definition) is 2. The number of nitrogens with one attached hydrogen (secondary N) is 2. The van der Waals surface area contributed by atoms with E-state index in [9.17, 15) is 4.39 Å². The zero-order chi connectivity index (χ0) is 20.1. The van der Waals surface area contributed by atoms with Gasteiger partial charge >= 0.3 is 0 Å². The summed E-state index contributed by atoms with van der Waals surface area (Å²) in [7, 11) is 0. The van der Waals surface area contributed by atoms with E-state index >= 15 is 0 Å². The summed E-state index contributed by atoms with van der Waals surface area (Å²) in [5.74, 6) is 0.620. The molecule has 5 nitrogen and oxygen atoms in total. The van der Waals surface area contributed by atoms with E-state index in [2.05, 4.69) is 24.5 Å². The first-order chi connectivity index (χ1) is 13.7. The molecular formula is C22H37FIN3O2. The first-order valence-corrected chi connectivity index (χ1v) is 10.6. The second-order valence-corrected chi connectivity index (χ2v) is 7.34. The molecule has 0 aliphatic carbocycles. The molecule has 0 amide bonds. The van der Waals surface area contributed by atoms with Gasteiger partial charge < -0.3 is 20.1 Å². The second kappa shape index (κ2) is 15.0. The molecule has 29 heavy (non-hydrogen) atoms. The highest BCUT2D eigenvalue weighted by molar-refractivity contribution is 14.0. The SMILES string of the molecule is CCCCOCCCNC(=NCC1(c2ccc(F)cc2)CCOCC1)NCC.I. The van der Waals surface area contributed by atoms with Gasteiger partial charge in [0, 0.05) is 44.9 Å². The number of benzene rings is 1. The molecule has 1 aliphatic heterocycles. The first kappa shape index (κ1) is 26.1. The van der Waals surface area contributed by atoms with Gasteiger partial charge in [-0.2, -0.15) is 0 Å². The van der Waals surface area contributed by atoms with Gasteiger partial charge in [0.2, 0.25) is 0 Å². The van der Waals surface area contributed by atoms with E-state index in [1.54, 1.807) is 0 Å². The molecule has 1 saturated heterocycles. The third-order valence-electron chi connectivity index (χ3n) is 5.19. The average molecular weight is 521 g/mol. The summed E-state index contributed by atoms with van der Waals surface area (Å²) < 4.78 is 24.6. The van der Waals surface area contributed by atoms with Gasteiger partial charge in [0.25, 0.3) is 0 Å². The average Bonchev–Trinajstić information content (AvgIpc) is 2.72. The maximum atomic E-state index is 13.4. The molecule has 0 radical (unpaired) electrons. The predicted octanol–water partition coefficient (Wildman–Crippen LogP) is 4.25. The first-order valence-electron chi connectivity index (χ1n) is 10.6. The van der Waals surface area contributed by atoms with E-state index in [4.69, 9.17) is 14.5 Å². The minimum atomic E-state index is -0.203. The van der Waals surface area contributed by atoms with E-state index in [1.807, 2.05) is 12.1 Å². The minimum Gasteiger partial charge on any atom is -0.381 e. The fourth-order valence-electron chi connectivity index (χ4n) is 3.41. The smallest absolute Gasteiger partial charge is 0.191 e. The van der Waals surface area contributed by atoms with Crippen molar-refractivity contribution >= 4 is 29.9 Å². The number of guanidine groups is 1. The number of hydrogen-bond acceptors (Lipinski definition) is 3. The molecule has 1 fully saturated rings. The lowest BCUT2D eigenvalue weighted by atomic mass is 9.74. The standard InChI is InChI=1S/C22H36FN3O2.HI/c1-3-5-14-27-15-6-13-25-21(24-4-2)26-18-22(11-16-28-17-12-22)19-7-9-20(23)10-8-19;/h7-10H,3-6,11-18H2,1-2H3,(H2,24,25,26);1H. The van der Waals surface area contributed by atoms with E-state index in [0.29, 0.717) is 19.8 Å². The lowest BCUT2D eigenvalue weighted by Crippen LogP contribution is -2.41. The zero-order valence-corrected chi connectivity index (χ0v) is 20.2. The van der Waals surface area contributed by atoms with E-state index < -0.39 is 0 Å². The van der Waals surface area contributed by atoms with Gasteiger partial charge in [-0.25, -0.2) is 4.39 Å². The Bertz CT molecular complexity index is 578. The van der Waals surface area contributed by atoms with Crippen molar-refractivity contribution < 1.29 is 13.9 Å². The van der Waals surface area contributed by atoms with Gasteiger partial charge in [-0.3, -0.25) is 4.99 Å². The van der Waals surface area contributed by atoms with Gasteiger partial charge in [0.1, 0.15) is 5.82 Å². The lowest BCUT2D eigenvalue weighted by molar-refractivity contribution is 0.0531. The largest absolute Gasteiger partial charge is 0.381 e. The number of unbranched alkanes of at least 4 members (excludes halogenated alkanes) is 1. The van der Waals surface area contributed by atoms with Crippen LogP contribution in [0.5, 0.6) is 0 Å². The molecule has 0 bridgehead atoms. The highest BCUT2D eigenvalue weighted by atomic mass is 127. The third kappa shape index (κ3) is 9.17. The number of halogens is 2. The van der Waals surface area contributed by atoms with Crippen LogP contribution in [-0.2, 0) is 14.9 Å². The van der Waals surface area contributed by atoms with Crippen molar-refractivity contribution in [1.82, 2.24) is 10.6 Å². The second-order valence-electron chi connectivity index (χ2n) is 7.34. The highest BCUT2D eigenvalue weighted by Crippen LogP contribution is 2.35. The number of nitrogens with zero attached hydrogens (tertiary/aromatic N) is 1. The summed E-state index contributed by atoms with van der Waals surface area (Å²) >= 11 is 0. The molecule has 1 aromatic carbocycles.